The van der Waals surface area contributed by atoms with E-state index in [1.807, 2.05) is 0 Å². The van der Waals surface area contributed by atoms with E-state index in [4.69, 9.17) is 6.42 Å². The van der Waals surface area contributed by atoms with Gasteiger partial charge in [0, 0.05) is 13.1 Å². The SMILES string of the molecule is C#CC(C)(C)N1CCC(c2ccccc2)CC1. The molecule has 1 aliphatic rings. The van der Waals surface area contributed by atoms with Gasteiger partial charge in [-0.3, -0.25) is 4.90 Å². The summed E-state index contributed by atoms with van der Waals surface area (Å²) in [5.41, 5.74) is 1.38. The number of likely N-dealkylation sites (tertiary alicyclic amines) is 1. The highest BCUT2D eigenvalue weighted by Gasteiger charge is 2.29. The zero-order chi connectivity index (χ0) is 12.3. The molecule has 1 aromatic carbocycles. The van der Waals surface area contributed by atoms with Crippen LogP contribution in [0, 0.1) is 12.3 Å². The zero-order valence-electron chi connectivity index (χ0n) is 10.8. The van der Waals surface area contributed by atoms with E-state index >= 15 is 0 Å². The van der Waals surface area contributed by atoms with Crippen LogP contribution in [-0.2, 0) is 0 Å². The van der Waals surface area contributed by atoms with Gasteiger partial charge >= 0.3 is 0 Å². The molecule has 1 heterocycles. The van der Waals surface area contributed by atoms with Crippen LogP contribution in [0.5, 0.6) is 0 Å². The summed E-state index contributed by atoms with van der Waals surface area (Å²) in [5, 5.41) is 0. The molecule has 17 heavy (non-hydrogen) atoms. The maximum absolute atomic E-state index is 5.59. The van der Waals surface area contributed by atoms with Crippen LogP contribution >= 0.6 is 0 Å². The highest BCUT2D eigenvalue weighted by Crippen LogP contribution is 2.30. The maximum atomic E-state index is 5.59. The third-order valence-corrected chi connectivity index (χ3v) is 3.91. The minimum absolute atomic E-state index is 0.0956. The van der Waals surface area contributed by atoms with E-state index in [0.717, 1.165) is 13.1 Å². The summed E-state index contributed by atoms with van der Waals surface area (Å²) >= 11 is 0. The van der Waals surface area contributed by atoms with Crippen LogP contribution < -0.4 is 0 Å². The lowest BCUT2D eigenvalue weighted by molar-refractivity contribution is 0.129. The van der Waals surface area contributed by atoms with Gasteiger partial charge < -0.3 is 0 Å². The molecule has 0 unspecified atom stereocenters. The molecule has 2 rings (SSSR count). The molecule has 1 aliphatic heterocycles. The molecule has 0 atom stereocenters. The van der Waals surface area contributed by atoms with E-state index in [9.17, 15) is 0 Å². The molecule has 0 saturated carbocycles. The van der Waals surface area contributed by atoms with Crippen molar-refractivity contribution in [1.82, 2.24) is 4.90 Å². The summed E-state index contributed by atoms with van der Waals surface area (Å²) in [7, 11) is 0. The van der Waals surface area contributed by atoms with Gasteiger partial charge in [0.15, 0.2) is 0 Å². The summed E-state index contributed by atoms with van der Waals surface area (Å²) < 4.78 is 0. The van der Waals surface area contributed by atoms with Gasteiger partial charge in [0.1, 0.15) is 0 Å². The molecule has 0 N–H and O–H groups in total. The summed E-state index contributed by atoms with van der Waals surface area (Å²) in [6.07, 6.45) is 8.03. The first kappa shape index (κ1) is 12.2. The average Bonchev–Trinajstić information content (AvgIpc) is 2.40. The minimum atomic E-state index is -0.0956. The van der Waals surface area contributed by atoms with Crippen LogP contribution in [0.25, 0.3) is 0 Å². The lowest BCUT2D eigenvalue weighted by Gasteiger charge is -2.40. The second-order valence-electron chi connectivity index (χ2n) is 5.38. The minimum Gasteiger partial charge on any atom is -0.288 e. The predicted molar refractivity (Wildman–Crippen MR) is 72.9 cm³/mol. The third-order valence-electron chi connectivity index (χ3n) is 3.91. The lowest BCUT2D eigenvalue weighted by atomic mass is 9.87. The van der Waals surface area contributed by atoms with Gasteiger partial charge in [-0.25, -0.2) is 0 Å². The molecule has 1 fully saturated rings. The van der Waals surface area contributed by atoms with E-state index in [1.165, 1.54) is 18.4 Å². The molecule has 0 bridgehead atoms. The van der Waals surface area contributed by atoms with Crippen LogP contribution in [-0.4, -0.2) is 23.5 Å². The second-order valence-corrected chi connectivity index (χ2v) is 5.38. The van der Waals surface area contributed by atoms with Crippen molar-refractivity contribution in [3.05, 3.63) is 35.9 Å². The molecule has 0 aliphatic carbocycles. The molecular formula is C16H21N. The Kier molecular flexibility index (Phi) is 3.54. The molecule has 0 spiro atoms. The highest BCUT2D eigenvalue weighted by atomic mass is 15.2. The number of rotatable bonds is 2. The molecule has 0 amide bonds. The van der Waals surface area contributed by atoms with Gasteiger partial charge in [-0.15, -0.1) is 6.42 Å². The lowest BCUT2D eigenvalue weighted by Crippen LogP contribution is -2.46. The highest BCUT2D eigenvalue weighted by molar-refractivity contribution is 5.20. The fraction of sp³-hybridized carbons (Fsp3) is 0.500. The Hall–Kier alpha value is -1.26. The first-order chi connectivity index (χ1) is 8.13. The van der Waals surface area contributed by atoms with Crippen LogP contribution in [0.2, 0.25) is 0 Å². The Balaban J connectivity index is 1.98. The number of nitrogens with zero attached hydrogens (tertiary/aromatic N) is 1. The zero-order valence-corrected chi connectivity index (χ0v) is 10.8. The second kappa shape index (κ2) is 4.94. The van der Waals surface area contributed by atoms with Gasteiger partial charge in [0.05, 0.1) is 5.54 Å². The number of piperidine rings is 1. The van der Waals surface area contributed by atoms with E-state index in [2.05, 4.69) is 55.0 Å². The Labute approximate surface area is 105 Å². The Morgan fingerprint density at radius 3 is 2.29 bits per heavy atom. The van der Waals surface area contributed by atoms with Crippen molar-refractivity contribution in [3.63, 3.8) is 0 Å². The molecular weight excluding hydrogens is 206 g/mol. The van der Waals surface area contributed by atoms with Gasteiger partial charge in [0.2, 0.25) is 0 Å². The monoisotopic (exact) mass is 227 g/mol. The van der Waals surface area contributed by atoms with Crippen molar-refractivity contribution in [2.75, 3.05) is 13.1 Å². The molecule has 1 heteroatoms. The maximum Gasteiger partial charge on any atom is 0.0766 e. The molecule has 1 aromatic rings. The van der Waals surface area contributed by atoms with E-state index in [0.29, 0.717) is 5.92 Å². The van der Waals surface area contributed by atoms with Crippen molar-refractivity contribution in [1.29, 1.82) is 0 Å². The summed E-state index contributed by atoms with van der Waals surface area (Å²) in [6, 6.07) is 10.8. The number of benzene rings is 1. The molecule has 1 saturated heterocycles. The normalized spacial score (nSPS) is 18.9. The first-order valence-electron chi connectivity index (χ1n) is 6.41. The van der Waals surface area contributed by atoms with Gasteiger partial charge in [-0.05, 0) is 38.2 Å². The van der Waals surface area contributed by atoms with Crippen LogP contribution in [0.3, 0.4) is 0 Å². The fourth-order valence-electron chi connectivity index (χ4n) is 2.59. The average molecular weight is 227 g/mol. The standard InChI is InChI=1S/C16H21N/c1-4-16(2,3)17-12-10-15(11-13-17)14-8-6-5-7-9-14/h1,5-9,15H,10-13H2,2-3H3. The van der Waals surface area contributed by atoms with Crippen molar-refractivity contribution >= 4 is 0 Å². The molecule has 0 aromatic heterocycles. The quantitative estimate of drug-likeness (QED) is 0.701. The van der Waals surface area contributed by atoms with E-state index in [-0.39, 0.29) is 5.54 Å². The number of hydrogen-bond acceptors (Lipinski definition) is 1. The summed E-state index contributed by atoms with van der Waals surface area (Å²) in [4.78, 5) is 2.42. The van der Waals surface area contributed by atoms with Crippen LogP contribution in [0.1, 0.15) is 38.2 Å². The molecule has 1 nitrogen and oxygen atoms in total. The van der Waals surface area contributed by atoms with Crippen molar-refractivity contribution < 1.29 is 0 Å². The Morgan fingerprint density at radius 1 is 1.18 bits per heavy atom. The fourth-order valence-corrected chi connectivity index (χ4v) is 2.59. The van der Waals surface area contributed by atoms with E-state index in [1.54, 1.807) is 0 Å². The Bertz CT molecular complexity index is 391. The summed E-state index contributed by atoms with van der Waals surface area (Å²) in [6.45, 7) is 6.49. The van der Waals surface area contributed by atoms with Gasteiger partial charge in [-0.1, -0.05) is 36.3 Å². The van der Waals surface area contributed by atoms with Crippen molar-refractivity contribution in [2.45, 2.75) is 38.1 Å². The Morgan fingerprint density at radius 2 is 1.76 bits per heavy atom. The largest absolute Gasteiger partial charge is 0.288 e. The van der Waals surface area contributed by atoms with E-state index < -0.39 is 0 Å². The first-order valence-corrected chi connectivity index (χ1v) is 6.41. The number of hydrogen-bond donors (Lipinski definition) is 0. The van der Waals surface area contributed by atoms with Gasteiger partial charge in [0.25, 0.3) is 0 Å². The van der Waals surface area contributed by atoms with Crippen LogP contribution in [0.4, 0.5) is 0 Å². The topological polar surface area (TPSA) is 3.24 Å². The smallest absolute Gasteiger partial charge is 0.0766 e. The summed E-state index contributed by atoms with van der Waals surface area (Å²) in [5.74, 6) is 3.60. The predicted octanol–water partition coefficient (Wildman–Crippen LogP) is 3.28. The third kappa shape index (κ3) is 2.70. The number of terminal acetylenes is 1. The van der Waals surface area contributed by atoms with Crippen molar-refractivity contribution in [2.24, 2.45) is 0 Å². The van der Waals surface area contributed by atoms with Crippen molar-refractivity contribution in [3.8, 4) is 12.3 Å². The molecule has 90 valence electrons. The van der Waals surface area contributed by atoms with Crippen LogP contribution in [0.15, 0.2) is 30.3 Å². The molecule has 0 radical (unpaired) electrons. The van der Waals surface area contributed by atoms with Gasteiger partial charge in [-0.2, -0.15) is 0 Å².